The number of hydrogen-bond acceptors (Lipinski definition) is 3. The van der Waals surface area contributed by atoms with Crippen molar-refractivity contribution in [2.75, 3.05) is 0 Å². The minimum absolute atomic E-state index is 0.0144. The van der Waals surface area contributed by atoms with Crippen LogP contribution in [-0.2, 0) is 6.54 Å². The van der Waals surface area contributed by atoms with E-state index < -0.39 is 0 Å². The maximum Gasteiger partial charge on any atom is 0.181 e. The molecule has 0 fully saturated rings. The van der Waals surface area contributed by atoms with E-state index in [9.17, 15) is 4.79 Å². The van der Waals surface area contributed by atoms with Gasteiger partial charge in [-0.05, 0) is 13.0 Å². The van der Waals surface area contributed by atoms with Crippen molar-refractivity contribution in [1.82, 2.24) is 14.5 Å². The Kier molecular flexibility index (Phi) is 3.01. The molecule has 2 aromatic rings. The first-order valence-corrected chi connectivity index (χ1v) is 5.17. The first-order chi connectivity index (χ1) is 7.63. The van der Waals surface area contributed by atoms with Gasteiger partial charge in [-0.25, -0.2) is 9.97 Å². The fourth-order valence-corrected chi connectivity index (χ4v) is 1.63. The lowest BCUT2D eigenvalue weighted by atomic mass is 10.4. The smallest absolute Gasteiger partial charge is 0.181 e. The van der Waals surface area contributed by atoms with Gasteiger partial charge in [0.1, 0.15) is 11.0 Å². The first kappa shape index (κ1) is 10.8. The summed E-state index contributed by atoms with van der Waals surface area (Å²) < 4.78 is 1.83. The van der Waals surface area contributed by atoms with Crippen LogP contribution < -0.4 is 5.43 Å². The van der Waals surface area contributed by atoms with Gasteiger partial charge in [-0.2, -0.15) is 0 Å². The number of nitrogens with zero attached hydrogens (tertiary/aromatic N) is 3. The van der Waals surface area contributed by atoms with Gasteiger partial charge in [0.05, 0.1) is 6.54 Å². The molecular weight excluding hydrogens is 226 g/mol. The molecule has 5 heteroatoms. The molecule has 16 heavy (non-hydrogen) atoms. The Morgan fingerprint density at radius 3 is 2.62 bits per heavy atom. The Morgan fingerprint density at radius 1 is 1.31 bits per heavy atom. The highest BCUT2D eigenvalue weighted by atomic mass is 35.5. The van der Waals surface area contributed by atoms with Gasteiger partial charge in [-0.1, -0.05) is 11.6 Å². The predicted octanol–water partition coefficient (Wildman–Crippen LogP) is 1.65. The number of rotatable bonds is 2. The molecule has 4 nitrogen and oxygen atoms in total. The van der Waals surface area contributed by atoms with Crippen molar-refractivity contribution in [1.29, 1.82) is 0 Å². The molecule has 0 aliphatic carbocycles. The molecule has 0 amide bonds. The lowest BCUT2D eigenvalue weighted by molar-refractivity contribution is 0.732. The van der Waals surface area contributed by atoms with Crippen molar-refractivity contribution in [2.24, 2.45) is 0 Å². The minimum atomic E-state index is -0.0144. The van der Waals surface area contributed by atoms with E-state index in [1.165, 1.54) is 12.1 Å². The van der Waals surface area contributed by atoms with Crippen LogP contribution in [0.3, 0.4) is 0 Å². The zero-order valence-corrected chi connectivity index (χ0v) is 9.48. The van der Waals surface area contributed by atoms with E-state index in [4.69, 9.17) is 11.6 Å². The van der Waals surface area contributed by atoms with Gasteiger partial charge in [-0.3, -0.25) is 4.79 Å². The molecule has 0 radical (unpaired) electrons. The summed E-state index contributed by atoms with van der Waals surface area (Å²) in [6.45, 7) is 2.37. The van der Waals surface area contributed by atoms with Gasteiger partial charge in [0.2, 0.25) is 0 Å². The summed E-state index contributed by atoms with van der Waals surface area (Å²) >= 11 is 5.83. The average Bonchev–Trinajstić information content (AvgIpc) is 2.20. The molecular formula is C11H10ClN3O. The van der Waals surface area contributed by atoms with Crippen LogP contribution in [0.2, 0.25) is 5.15 Å². The number of halogens is 1. The van der Waals surface area contributed by atoms with Crippen molar-refractivity contribution in [3.8, 4) is 0 Å². The van der Waals surface area contributed by atoms with Gasteiger partial charge >= 0.3 is 0 Å². The highest BCUT2D eigenvalue weighted by Gasteiger charge is 2.00. The van der Waals surface area contributed by atoms with Crippen molar-refractivity contribution < 1.29 is 0 Å². The van der Waals surface area contributed by atoms with Gasteiger partial charge in [0.15, 0.2) is 5.43 Å². The number of hydrogen-bond donors (Lipinski definition) is 0. The molecule has 0 unspecified atom stereocenters. The van der Waals surface area contributed by atoms with Crippen molar-refractivity contribution in [3.05, 3.63) is 57.5 Å². The van der Waals surface area contributed by atoms with Gasteiger partial charge in [-0.15, -0.1) is 0 Å². The highest BCUT2D eigenvalue weighted by molar-refractivity contribution is 6.29. The van der Waals surface area contributed by atoms with E-state index in [0.717, 1.165) is 5.69 Å². The molecule has 0 aliphatic heterocycles. The Hall–Kier alpha value is -1.68. The third-order valence-electron chi connectivity index (χ3n) is 2.05. The maximum atomic E-state index is 10.9. The topological polar surface area (TPSA) is 47.8 Å². The fraction of sp³-hybridized carbons (Fsp3) is 0.182. The minimum Gasteiger partial charge on any atom is -0.346 e. The largest absolute Gasteiger partial charge is 0.346 e. The number of pyridine rings is 1. The lowest BCUT2D eigenvalue weighted by Crippen LogP contribution is -2.08. The monoisotopic (exact) mass is 235 g/mol. The van der Waals surface area contributed by atoms with Gasteiger partial charge < -0.3 is 4.57 Å². The third kappa shape index (κ3) is 2.67. The van der Waals surface area contributed by atoms with Crippen LogP contribution in [0.5, 0.6) is 0 Å². The molecule has 0 aliphatic rings. The van der Waals surface area contributed by atoms with Crippen LogP contribution in [0, 0.1) is 6.92 Å². The van der Waals surface area contributed by atoms with Crippen molar-refractivity contribution >= 4 is 11.6 Å². The SMILES string of the molecule is Cc1cc(Cl)nc(Cn2ccc(=O)cc2)n1. The Labute approximate surface area is 97.6 Å². The Bertz CT molecular complexity index is 525. The van der Waals surface area contributed by atoms with E-state index >= 15 is 0 Å². The van der Waals surface area contributed by atoms with E-state index in [1.54, 1.807) is 18.5 Å². The molecule has 0 atom stereocenters. The Morgan fingerprint density at radius 2 is 2.00 bits per heavy atom. The van der Waals surface area contributed by atoms with Crippen molar-refractivity contribution in [3.63, 3.8) is 0 Å². The van der Waals surface area contributed by atoms with E-state index in [2.05, 4.69) is 9.97 Å². The summed E-state index contributed by atoms with van der Waals surface area (Å²) in [7, 11) is 0. The van der Waals surface area contributed by atoms with Crippen LogP contribution in [-0.4, -0.2) is 14.5 Å². The molecule has 82 valence electrons. The molecule has 0 aromatic carbocycles. The molecule has 0 N–H and O–H groups in total. The highest BCUT2D eigenvalue weighted by Crippen LogP contribution is 2.07. The average molecular weight is 236 g/mol. The summed E-state index contributed by atoms with van der Waals surface area (Å²) in [5.41, 5.74) is 0.815. The number of aryl methyl sites for hydroxylation is 1. The predicted molar refractivity (Wildman–Crippen MR) is 61.6 cm³/mol. The van der Waals surface area contributed by atoms with Crippen molar-refractivity contribution in [2.45, 2.75) is 13.5 Å². The molecule has 0 saturated heterocycles. The first-order valence-electron chi connectivity index (χ1n) is 4.80. The zero-order valence-electron chi connectivity index (χ0n) is 8.72. The summed E-state index contributed by atoms with van der Waals surface area (Å²) in [5, 5.41) is 0.434. The maximum absolute atomic E-state index is 10.9. The van der Waals surface area contributed by atoms with Gasteiger partial charge in [0.25, 0.3) is 0 Å². The second-order valence-corrected chi connectivity index (χ2v) is 3.84. The third-order valence-corrected chi connectivity index (χ3v) is 2.25. The second-order valence-electron chi connectivity index (χ2n) is 3.45. The molecule has 2 heterocycles. The van der Waals surface area contributed by atoms with E-state index in [1.807, 2.05) is 11.5 Å². The molecule has 2 rings (SSSR count). The molecule has 2 aromatic heterocycles. The van der Waals surface area contributed by atoms with Crippen LogP contribution in [0.1, 0.15) is 11.5 Å². The quantitative estimate of drug-likeness (QED) is 0.744. The standard InChI is InChI=1S/C11H10ClN3O/c1-8-6-10(12)14-11(13-8)7-15-4-2-9(16)3-5-15/h2-6H,7H2,1H3. The summed E-state index contributed by atoms with van der Waals surface area (Å²) in [5.74, 6) is 0.633. The normalized spacial score (nSPS) is 10.4. The molecule has 0 spiro atoms. The van der Waals surface area contributed by atoms with E-state index in [0.29, 0.717) is 17.5 Å². The zero-order chi connectivity index (χ0) is 11.5. The molecule has 0 saturated carbocycles. The Balaban J connectivity index is 2.26. The van der Waals surface area contributed by atoms with E-state index in [-0.39, 0.29) is 5.43 Å². The lowest BCUT2D eigenvalue weighted by Gasteiger charge is -2.05. The van der Waals surface area contributed by atoms with Gasteiger partial charge in [0, 0.05) is 30.2 Å². The van der Waals surface area contributed by atoms with Crippen LogP contribution in [0.25, 0.3) is 0 Å². The summed E-state index contributed by atoms with van der Waals surface area (Å²) in [6.07, 6.45) is 3.39. The fourth-order valence-electron chi connectivity index (χ4n) is 1.37. The van der Waals surface area contributed by atoms with Crippen LogP contribution in [0.4, 0.5) is 0 Å². The summed E-state index contributed by atoms with van der Waals surface area (Å²) in [6, 6.07) is 4.70. The number of aromatic nitrogens is 3. The van der Waals surface area contributed by atoms with Crippen LogP contribution in [0.15, 0.2) is 35.4 Å². The summed E-state index contributed by atoms with van der Waals surface area (Å²) in [4.78, 5) is 19.3. The second kappa shape index (κ2) is 4.45. The molecule has 0 bridgehead atoms. The van der Waals surface area contributed by atoms with Crippen LogP contribution >= 0.6 is 11.6 Å².